The molecule has 5 aromatic carbocycles. The van der Waals surface area contributed by atoms with E-state index >= 15 is 0 Å². The van der Waals surface area contributed by atoms with Crippen LogP contribution in [0.25, 0.3) is 50.2 Å². The standard InChI is InChI=1S/C38H24BN3O3/c1-2-22-17-34-37-35(18-22)44-33-20-25-24-9-3-5-11-29(24)42(36-13-7-8-16-40-36)30(25)21-27(33)39(37)26-19-23(14-15-31(26)43-34)38-41-28-10-4-6-12-32(28)45-38/h3-21H,2H2,1H3. The van der Waals surface area contributed by atoms with E-state index in [9.17, 15) is 0 Å². The molecule has 0 unspecified atom stereocenters. The molecule has 45 heavy (non-hydrogen) atoms. The summed E-state index contributed by atoms with van der Waals surface area (Å²) in [5, 5.41) is 2.28. The molecule has 6 nitrogen and oxygen atoms in total. The second-order valence-electron chi connectivity index (χ2n) is 11.7. The number of para-hydroxylation sites is 3. The van der Waals surface area contributed by atoms with Crippen LogP contribution in [0.2, 0.25) is 0 Å². The van der Waals surface area contributed by atoms with Gasteiger partial charge in [0.15, 0.2) is 5.58 Å². The second kappa shape index (κ2) is 9.10. The largest absolute Gasteiger partial charge is 0.458 e. The van der Waals surface area contributed by atoms with Crippen molar-refractivity contribution in [3.8, 4) is 40.3 Å². The highest BCUT2D eigenvalue weighted by Gasteiger charge is 2.41. The number of fused-ring (bicyclic) bond motifs is 8. The number of benzene rings is 5. The summed E-state index contributed by atoms with van der Waals surface area (Å²) < 4.78 is 21.8. The number of rotatable bonds is 3. The van der Waals surface area contributed by atoms with Crippen molar-refractivity contribution >= 4 is 56.0 Å². The van der Waals surface area contributed by atoms with Crippen LogP contribution in [-0.4, -0.2) is 21.2 Å². The quantitative estimate of drug-likeness (QED) is 0.205. The van der Waals surface area contributed by atoms with Gasteiger partial charge in [0.2, 0.25) is 5.89 Å². The summed E-state index contributed by atoms with van der Waals surface area (Å²) in [4.78, 5) is 9.54. The number of oxazole rings is 1. The summed E-state index contributed by atoms with van der Waals surface area (Å²) in [6.07, 6.45) is 2.72. The van der Waals surface area contributed by atoms with E-state index in [0.29, 0.717) is 5.89 Å². The summed E-state index contributed by atoms with van der Waals surface area (Å²) >= 11 is 0. The van der Waals surface area contributed by atoms with Crippen LogP contribution in [0.3, 0.4) is 0 Å². The van der Waals surface area contributed by atoms with Gasteiger partial charge >= 0.3 is 0 Å². The van der Waals surface area contributed by atoms with Gasteiger partial charge in [-0.15, -0.1) is 0 Å². The van der Waals surface area contributed by atoms with Crippen LogP contribution < -0.4 is 25.9 Å². The summed E-state index contributed by atoms with van der Waals surface area (Å²) in [6, 6.07) is 37.4. The molecule has 2 aliphatic heterocycles. The number of hydrogen-bond donors (Lipinski definition) is 0. The number of nitrogens with zero attached hydrogens (tertiary/aromatic N) is 3. The molecular weight excluding hydrogens is 557 g/mol. The van der Waals surface area contributed by atoms with Crippen LogP contribution in [0.5, 0.6) is 23.0 Å². The molecule has 0 radical (unpaired) electrons. The molecule has 0 saturated heterocycles. The number of aromatic nitrogens is 3. The molecule has 0 bridgehead atoms. The third kappa shape index (κ3) is 3.52. The molecule has 0 atom stereocenters. The van der Waals surface area contributed by atoms with Crippen LogP contribution in [0.1, 0.15) is 12.5 Å². The smallest absolute Gasteiger partial charge is 0.260 e. The molecule has 8 aromatic rings. The van der Waals surface area contributed by atoms with E-state index in [1.807, 2.05) is 54.7 Å². The zero-order valence-corrected chi connectivity index (χ0v) is 24.3. The van der Waals surface area contributed by atoms with E-state index in [0.717, 1.165) is 90.1 Å². The number of hydrogen-bond acceptors (Lipinski definition) is 5. The second-order valence-corrected chi connectivity index (χ2v) is 11.7. The lowest BCUT2D eigenvalue weighted by molar-refractivity contribution is 0.463. The highest BCUT2D eigenvalue weighted by Crippen LogP contribution is 2.40. The van der Waals surface area contributed by atoms with Gasteiger partial charge in [0.05, 0.1) is 11.0 Å². The summed E-state index contributed by atoms with van der Waals surface area (Å²) in [7, 11) is 0. The van der Waals surface area contributed by atoms with Crippen LogP contribution in [0, 0.1) is 0 Å². The predicted molar refractivity (Wildman–Crippen MR) is 179 cm³/mol. The average molecular weight is 581 g/mol. The molecule has 5 heterocycles. The maximum atomic E-state index is 6.77. The molecule has 7 heteroatoms. The van der Waals surface area contributed by atoms with E-state index in [-0.39, 0.29) is 6.71 Å². The lowest BCUT2D eigenvalue weighted by atomic mass is 9.34. The molecule has 3 aromatic heterocycles. The summed E-state index contributed by atoms with van der Waals surface area (Å²) in [6.45, 7) is 2.04. The lowest BCUT2D eigenvalue weighted by Gasteiger charge is -2.33. The van der Waals surface area contributed by atoms with Crippen LogP contribution in [-0.2, 0) is 6.42 Å². The fraction of sp³-hybridized carbons (Fsp3) is 0.0526. The lowest BCUT2D eigenvalue weighted by Crippen LogP contribution is -2.57. The number of ether oxygens (including phenoxy) is 2. The first-order valence-electron chi connectivity index (χ1n) is 15.2. The zero-order chi connectivity index (χ0) is 29.6. The SMILES string of the molecule is CCc1cc2c3c(c1)Oc1cc4c5ccccc5n(-c5ccccn5)c4cc1B3c1cc(-c3nc4ccccc4o3)ccc1O2. The van der Waals surface area contributed by atoms with E-state index in [1.165, 1.54) is 5.56 Å². The van der Waals surface area contributed by atoms with Crippen LogP contribution in [0.15, 0.2) is 120 Å². The Kier molecular flexibility index (Phi) is 4.97. The summed E-state index contributed by atoms with van der Waals surface area (Å²) in [5.74, 6) is 4.82. The molecular formula is C38H24BN3O3. The Morgan fingerprint density at radius 1 is 0.689 bits per heavy atom. The van der Waals surface area contributed by atoms with Crippen molar-refractivity contribution < 1.29 is 13.9 Å². The molecule has 212 valence electrons. The van der Waals surface area contributed by atoms with E-state index in [1.54, 1.807) is 0 Å². The van der Waals surface area contributed by atoms with E-state index < -0.39 is 0 Å². The Bertz CT molecular complexity index is 2470. The van der Waals surface area contributed by atoms with E-state index in [4.69, 9.17) is 23.9 Å². The maximum Gasteiger partial charge on any atom is 0.260 e. The van der Waals surface area contributed by atoms with Gasteiger partial charge in [-0.2, -0.15) is 0 Å². The molecule has 0 saturated carbocycles. The third-order valence-corrected chi connectivity index (χ3v) is 9.16. The fourth-order valence-electron chi connectivity index (χ4n) is 7.08. The van der Waals surface area contributed by atoms with Gasteiger partial charge in [-0.1, -0.05) is 49.4 Å². The zero-order valence-electron chi connectivity index (χ0n) is 24.3. The minimum atomic E-state index is -0.114. The molecule has 0 N–H and O–H groups in total. The van der Waals surface area contributed by atoms with Crippen molar-refractivity contribution in [3.63, 3.8) is 0 Å². The van der Waals surface area contributed by atoms with Gasteiger partial charge in [0, 0.05) is 28.0 Å². The van der Waals surface area contributed by atoms with Crippen molar-refractivity contribution in [1.29, 1.82) is 0 Å². The molecule has 2 aliphatic rings. The Balaban J connectivity index is 1.25. The van der Waals surface area contributed by atoms with Crippen molar-refractivity contribution in [1.82, 2.24) is 14.5 Å². The van der Waals surface area contributed by atoms with E-state index in [2.05, 4.69) is 72.2 Å². The number of pyridine rings is 1. The van der Waals surface area contributed by atoms with Gasteiger partial charge in [0.1, 0.15) is 34.3 Å². The molecule has 0 fully saturated rings. The van der Waals surface area contributed by atoms with Gasteiger partial charge in [-0.05, 0) is 89.6 Å². The Labute approximate surface area is 258 Å². The normalized spacial score (nSPS) is 13.0. The minimum Gasteiger partial charge on any atom is -0.458 e. The fourth-order valence-corrected chi connectivity index (χ4v) is 7.08. The van der Waals surface area contributed by atoms with Crippen LogP contribution in [0.4, 0.5) is 0 Å². The monoisotopic (exact) mass is 581 g/mol. The first-order valence-corrected chi connectivity index (χ1v) is 15.2. The first kappa shape index (κ1) is 24.6. The number of aryl methyl sites for hydroxylation is 1. The van der Waals surface area contributed by atoms with Crippen molar-refractivity contribution in [3.05, 3.63) is 121 Å². The highest BCUT2D eigenvalue weighted by molar-refractivity contribution is 6.98. The molecule has 0 spiro atoms. The van der Waals surface area contributed by atoms with Crippen molar-refractivity contribution in [2.75, 3.05) is 0 Å². The van der Waals surface area contributed by atoms with Gasteiger partial charge < -0.3 is 13.9 Å². The molecule has 10 rings (SSSR count). The summed E-state index contributed by atoms with van der Waals surface area (Å²) in [5.41, 5.74) is 9.04. The molecule has 0 aliphatic carbocycles. The first-order chi connectivity index (χ1) is 22.2. The average Bonchev–Trinajstić information content (AvgIpc) is 3.66. The Morgan fingerprint density at radius 3 is 2.33 bits per heavy atom. The van der Waals surface area contributed by atoms with Gasteiger partial charge in [-0.3, -0.25) is 4.57 Å². The van der Waals surface area contributed by atoms with Crippen molar-refractivity contribution in [2.24, 2.45) is 0 Å². The predicted octanol–water partition coefficient (Wildman–Crippen LogP) is 7.28. The minimum absolute atomic E-state index is 0.114. The van der Waals surface area contributed by atoms with Crippen LogP contribution >= 0.6 is 0 Å². The molecule has 0 amide bonds. The third-order valence-electron chi connectivity index (χ3n) is 9.16. The Morgan fingerprint density at radius 2 is 1.49 bits per heavy atom. The topological polar surface area (TPSA) is 62.3 Å². The highest BCUT2D eigenvalue weighted by atomic mass is 16.5. The van der Waals surface area contributed by atoms with Gasteiger partial charge in [0.25, 0.3) is 6.71 Å². The van der Waals surface area contributed by atoms with Crippen molar-refractivity contribution in [2.45, 2.75) is 13.3 Å². The maximum absolute atomic E-state index is 6.77. The Hall–Kier alpha value is -5.82. The van der Waals surface area contributed by atoms with Gasteiger partial charge in [-0.25, -0.2) is 9.97 Å².